The van der Waals surface area contributed by atoms with Crippen LogP contribution in [0.5, 0.6) is 5.75 Å². The van der Waals surface area contributed by atoms with Gasteiger partial charge in [-0.05, 0) is 19.1 Å². The molecule has 1 rings (SSSR count). The maximum absolute atomic E-state index is 11.5. The molecular formula is C11H11ClO4. The highest BCUT2D eigenvalue weighted by Crippen LogP contribution is 2.28. The predicted molar refractivity (Wildman–Crippen MR) is 58.7 cm³/mol. The van der Waals surface area contributed by atoms with Gasteiger partial charge in [0.25, 0.3) is 0 Å². The Balaban J connectivity index is 3.03. The van der Waals surface area contributed by atoms with Gasteiger partial charge in [-0.15, -0.1) is 0 Å². The summed E-state index contributed by atoms with van der Waals surface area (Å²) in [5.74, 6) is -0.885. The third kappa shape index (κ3) is 2.97. The second kappa shape index (κ2) is 5.51. The summed E-state index contributed by atoms with van der Waals surface area (Å²) in [6.07, 6.45) is 0. The number of esters is 2. The average Bonchev–Trinajstić information content (AvgIpc) is 2.21. The van der Waals surface area contributed by atoms with E-state index in [0.29, 0.717) is 0 Å². The maximum atomic E-state index is 11.5. The van der Waals surface area contributed by atoms with Crippen molar-refractivity contribution < 1.29 is 19.1 Å². The number of carbonyl (C=O) groups is 2. The van der Waals surface area contributed by atoms with Crippen LogP contribution < -0.4 is 4.74 Å². The van der Waals surface area contributed by atoms with Gasteiger partial charge in [0.05, 0.1) is 17.2 Å². The van der Waals surface area contributed by atoms with Crippen LogP contribution in [0.2, 0.25) is 5.02 Å². The lowest BCUT2D eigenvalue weighted by Gasteiger charge is -2.07. The molecule has 0 aliphatic rings. The zero-order valence-electron chi connectivity index (χ0n) is 8.95. The molecule has 0 aliphatic carbocycles. The van der Waals surface area contributed by atoms with E-state index in [0.717, 1.165) is 0 Å². The summed E-state index contributed by atoms with van der Waals surface area (Å²) in [5.41, 5.74) is 0.183. The molecule has 0 aromatic heterocycles. The Morgan fingerprint density at radius 1 is 1.38 bits per heavy atom. The van der Waals surface area contributed by atoms with E-state index in [-0.39, 0.29) is 22.9 Å². The largest absolute Gasteiger partial charge is 0.462 e. The van der Waals surface area contributed by atoms with Crippen molar-refractivity contribution in [1.29, 1.82) is 0 Å². The normalized spacial score (nSPS) is 9.69. The van der Waals surface area contributed by atoms with Gasteiger partial charge in [-0.2, -0.15) is 0 Å². The predicted octanol–water partition coefficient (Wildman–Crippen LogP) is 2.44. The van der Waals surface area contributed by atoms with Gasteiger partial charge < -0.3 is 9.47 Å². The monoisotopic (exact) mass is 242 g/mol. The van der Waals surface area contributed by atoms with Crippen LogP contribution in [-0.4, -0.2) is 18.5 Å². The van der Waals surface area contributed by atoms with E-state index < -0.39 is 11.9 Å². The molecule has 0 amide bonds. The molecule has 0 atom stereocenters. The number of rotatable bonds is 3. The van der Waals surface area contributed by atoms with Crippen LogP contribution in [0, 0.1) is 0 Å². The van der Waals surface area contributed by atoms with Crippen LogP contribution in [0.1, 0.15) is 24.2 Å². The molecule has 86 valence electrons. The maximum Gasteiger partial charge on any atom is 0.339 e. The molecule has 0 unspecified atom stereocenters. The van der Waals surface area contributed by atoms with Crippen LogP contribution in [0.4, 0.5) is 0 Å². The molecule has 0 heterocycles. The first kappa shape index (κ1) is 12.5. The Bertz CT molecular complexity index is 414. The number of hydrogen-bond donors (Lipinski definition) is 0. The quantitative estimate of drug-likeness (QED) is 0.603. The Kier molecular flexibility index (Phi) is 4.31. The standard InChI is InChI=1S/C11H11ClO4/c1-3-15-11(14)8-5-4-6-9(10(8)12)16-7(2)13/h4-6H,3H2,1-2H3. The lowest BCUT2D eigenvalue weighted by atomic mass is 10.2. The van der Waals surface area contributed by atoms with Gasteiger partial charge in [-0.25, -0.2) is 4.79 Å². The fourth-order valence-corrected chi connectivity index (χ4v) is 1.35. The summed E-state index contributed by atoms with van der Waals surface area (Å²) in [6.45, 7) is 3.21. The van der Waals surface area contributed by atoms with Crippen molar-refractivity contribution >= 4 is 23.5 Å². The smallest absolute Gasteiger partial charge is 0.339 e. The summed E-state index contributed by atoms with van der Waals surface area (Å²) in [5, 5.41) is 0.0798. The first-order valence-electron chi connectivity index (χ1n) is 4.70. The van der Waals surface area contributed by atoms with Gasteiger partial charge in [0, 0.05) is 6.92 Å². The highest BCUT2D eigenvalue weighted by atomic mass is 35.5. The number of carbonyl (C=O) groups excluding carboxylic acids is 2. The van der Waals surface area contributed by atoms with Crippen molar-refractivity contribution in [3.63, 3.8) is 0 Å². The minimum atomic E-state index is -0.540. The van der Waals surface area contributed by atoms with E-state index in [1.54, 1.807) is 13.0 Å². The van der Waals surface area contributed by atoms with E-state index in [4.69, 9.17) is 21.1 Å². The molecule has 0 fully saturated rings. The molecule has 0 radical (unpaired) electrons. The topological polar surface area (TPSA) is 52.6 Å². The molecule has 0 spiro atoms. The Hall–Kier alpha value is -1.55. The van der Waals surface area contributed by atoms with E-state index in [2.05, 4.69) is 0 Å². The SMILES string of the molecule is CCOC(=O)c1cccc(OC(C)=O)c1Cl. The first-order chi connectivity index (χ1) is 7.56. The summed E-state index contributed by atoms with van der Waals surface area (Å²) >= 11 is 5.91. The average molecular weight is 243 g/mol. The van der Waals surface area contributed by atoms with Gasteiger partial charge in [0.1, 0.15) is 5.75 Å². The number of ether oxygens (including phenoxy) is 2. The van der Waals surface area contributed by atoms with Crippen LogP contribution >= 0.6 is 11.6 Å². The lowest BCUT2D eigenvalue weighted by Crippen LogP contribution is -2.07. The molecule has 0 bridgehead atoms. The fraction of sp³-hybridized carbons (Fsp3) is 0.273. The lowest BCUT2D eigenvalue weighted by molar-refractivity contribution is -0.131. The van der Waals surface area contributed by atoms with Crippen LogP contribution in [0.3, 0.4) is 0 Å². The molecule has 0 N–H and O–H groups in total. The fourth-order valence-electron chi connectivity index (χ4n) is 1.11. The molecule has 1 aromatic rings. The molecule has 0 saturated carbocycles. The second-order valence-electron chi connectivity index (χ2n) is 2.93. The Morgan fingerprint density at radius 3 is 2.62 bits per heavy atom. The van der Waals surface area contributed by atoms with Gasteiger partial charge >= 0.3 is 11.9 Å². The van der Waals surface area contributed by atoms with Crippen molar-refractivity contribution in [1.82, 2.24) is 0 Å². The third-order valence-electron chi connectivity index (χ3n) is 1.71. The highest BCUT2D eigenvalue weighted by molar-refractivity contribution is 6.35. The molecule has 0 saturated heterocycles. The minimum absolute atomic E-state index is 0.0798. The van der Waals surface area contributed by atoms with E-state index in [1.165, 1.54) is 19.1 Å². The van der Waals surface area contributed by atoms with Crippen LogP contribution in [0.25, 0.3) is 0 Å². The molecular weight excluding hydrogens is 232 g/mol. The summed E-state index contributed by atoms with van der Waals surface area (Å²) < 4.78 is 9.64. The van der Waals surface area contributed by atoms with Crippen molar-refractivity contribution in [3.8, 4) is 5.75 Å². The van der Waals surface area contributed by atoms with Crippen molar-refractivity contribution in [2.45, 2.75) is 13.8 Å². The van der Waals surface area contributed by atoms with Crippen LogP contribution in [0.15, 0.2) is 18.2 Å². The summed E-state index contributed by atoms with van der Waals surface area (Å²) in [7, 11) is 0. The minimum Gasteiger partial charge on any atom is -0.462 e. The molecule has 4 nitrogen and oxygen atoms in total. The number of hydrogen-bond acceptors (Lipinski definition) is 4. The summed E-state index contributed by atoms with van der Waals surface area (Å²) in [4.78, 5) is 22.2. The molecule has 1 aromatic carbocycles. The Morgan fingerprint density at radius 2 is 2.06 bits per heavy atom. The number of benzene rings is 1. The van der Waals surface area contributed by atoms with Crippen molar-refractivity contribution in [2.24, 2.45) is 0 Å². The van der Waals surface area contributed by atoms with Crippen LogP contribution in [-0.2, 0) is 9.53 Å². The zero-order chi connectivity index (χ0) is 12.1. The number of halogens is 1. The molecule has 16 heavy (non-hydrogen) atoms. The Labute approximate surface area is 98.1 Å². The van der Waals surface area contributed by atoms with Crippen molar-refractivity contribution in [3.05, 3.63) is 28.8 Å². The zero-order valence-corrected chi connectivity index (χ0v) is 9.71. The van der Waals surface area contributed by atoms with Crippen molar-refractivity contribution in [2.75, 3.05) is 6.61 Å². The van der Waals surface area contributed by atoms with E-state index >= 15 is 0 Å². The second-order valence-corrected chi connectivity index (χ2v) is 3.31. The van der Waals surface area contributed by atoms with E-state index in [9.17, 15) is 9.59 Å². The van der Waals surface area contributed by atoms with Gasteiger partial charge in [0.15, 0.2) is 0 Å². The summed E-state index contributed by atoms with van der Waals surface area (Å²) in [6, 6.07) is 4.58. The van der Waals surface area contributed by atoms with Gasteiger partial charge in [-0.3, -0.25) is 4.79 Å². The first-order valence-corrected chi connectivity index (χ1v) is 5.08. The van der Waals surface area contributed by atoms with E-state index in [1.807, 2.05) is 0 Å². The molecule has 0 aliphatic heterocycles. The highest BCUT2D eigenvalue weighted by Gasteiger charge is 2.15. The molecule has 5 heteroatoms. The third-order valence-corrected chi connectivity index (χ3v) is 2.10. The van der Waals surface area contributed by atoms with Gasteiger partial charge in [0.2, 0.25) is 0 Å². The van der Waals surface area contributed by atoms with Gasteiger partial charge in [-0.1, -0.05) is 17.7 Å².